The zero-order valence-corrected chi connectivity index (χ0v) is 10.7. The summed E-state index contributed by atoms with van der Waals surface area (Å²) in [5.74, 6) is -5.89. The van der Waals surface area contributed by atoms with E-state index < -0.39 is 29.4 Å². The number of amides is 2. The molecule has 2 amide bonds. The topological polar surface area (TPSA) is 67.4 Å². The Balaban J connectivity index is 2.38. The normalized spacial score (nSPS) is 16.7. The molecule has 0 spiro atoms. The number of hydrazine groups is 1. The zero-order valence-electron chi connectivity index (χ0n) is 10.7. The maximum atomic E-state index is 13.4. The molecule has 0 heterocycles. The molecular formula is C11H18F2N2O3. The molecule has 0 aromatic carbocycles. The third-order valence-corrected chi connectivity index (χ3v) is 2.60. The van der Waals surface area contributed by atoms with Gasteiger partial charge in [-0.2, -0.15) is 8.78 Å². The Morgan fingerprint density at radius 2 is 1.72 bits per heavy atom. The van der Waals surface area contributed by atoms with Gasteiger partial charge in [0.15, 0.2) is 0 Å². The van der Waals surface area contributed by atoms with E-state index in [-0.39, 0.29) is 0 Å². The van der Waals surface area contributed by atoms with Crippen molar-refractivity contribution in [1.29, 1.82) is 0 Å². The number of alkyl halides is 2. The number of halogens is 2. The van der Waals surface area contributed by atoms with Crippen molar-refractivity contribution >= 4 is 12.0 Å². The van der Waals surface area contributed by atoms with E-state index in [1.807, 2.05) is 5.43 Å². The fourth-order valence-electron chi connectivity index (χ4n) is 1.45. The monoisotopic (exact) mass is 264 g/mol. The van der Waals surface area contributed by atoms with Gasteiger partial charge >= 0.3 is 17.9 Å². The number of hydrogen-bond acceptors (Lipinski definition) is 3. The van der Waals surface area contributed by atoms with Gasteiger partial charge in [0, 0.05) is 5.92 Å². The summed E-state index contributed by atoms with van der Waals surface area (Å²) in [6.07, 6.45) is 0.382. The zero-order chi connectivity index (χ0) is 14.0. The number of carbonyl (C=O) groups excluding carboxylic acids is 2. The minimum Gasteiger partial charge on any atom is -0.443 e. The first kappa shape index (κ1) is 14.7. The molecule has 0 aromatic rings. The second-order valence-corrected chi connectivity index (χ2v) is 5.33. The van der Waals surface area contributed by atoms with Gasteiger partial charge in [0.2, 0.25) is 0 Å². The summed E-state index contributed by atoms with van der Waals surface area (Å²) >= 11 is 0. The lowest BCUT2D eigenvalue weighted by Crippen LogP contribution is -2.54. The third-order valence-electron chi connectivity index (χ3n) is 2.60. The molecule has 0 aromatic heterocycles. The van der Waals surface area contributed by atoms with Crippen LogP contribution in [-0.2, 0) is 9.53 Å². The Hall–Kier alpha value is -1.40. The van der Waals surface area contributed by atoms with Crippen molar-refractivity contribution in [3.63, 3.8) is 0 Å². The van der Waals surface area contributed by atoms with E-state index >= 15 is 0 Å². The van der Waals surface area contributed by atoms with Gasteiger partial charge in [0.05, 0.1) is 0 Å². The second-order valence-electron chi connectivity index (χ2n) is 5.33. The summed E-state index contributed by atoms with van der Waals surface area (Å²) in [7, 11) is 0. The van der Waals surface area contributed by atoms with Crippen LogP contribution in [-0.4, -0.2) is 23.5 Å². The van der Waals surface area contributed by atoms with E-state index in [4.69, 9.17) is 4.74 Å². The van der Waals surface area contributed by atoms with Crippen LogP contribution in [0.25, 0.3) is 0 Å². The Morgan fingerprint density at radius 3 is 2.11 bits per heavy atom. The van der Waals surface area contributed by atoms with Gasteiger partial charge in [-0.1, -0.05) is 6.42 Å². The first-order valence-corrected chi connectivity index (χ1v) is 5.80. The molecule has 1 aliphatic rings. The van der Waals surface area contributed by atoms with Crippen LogP contribution in [0.4, 0.5) is 13.6 Å². The SMILES string of the molecule is CC(C)(C)OC(=O)NNC(=O)C(F)(F)C1CCC1. The number of hydrogen-bond donors (Lipinski definition) is 2. The lowest BCUT2D eigenvalue weighted by Gasteiger charge is -2.32. The van der Waals surface area contributed by atoms with Crippen molar-refractivity contribution in [3.8, 4) is 0 Å². The lowest BCUT2D eigenvalue weighted by molar-refractivity contribution is -0.160. The number of nitrogens with one attached hydrogen (secondary N) is 2. The molecule has 0 radical (unpaired) electrons. The van der Waals surface area contributed by atoms with Gasteiger partial charge in [0.25, 0.3) is 0 Å². The predicted molar refractivity (Wildman–Crippen MR) is 59.8 cm³/mol. The Labute approximate surface area is 104 Å². The fraction of sp³-hybridized carbons (Fsp3) is 0.818. The summed E-state index contributed by atoms with van der Waals surface area (Å²) in [6, 6.07) is 0. The molecule has 1 rings (SSSR count). The summed E-state index contributed by atoms with van der Waals surface area (Å²) < 4.78 is 31.7. The van der Waals surface area contributed by atoms with Gasteiger partial charge in [-0.3, -0.25) is 10.2 Å². The highest BCUT2D eigenvalue weighted by atomic mass is 19.3. The van der Waals surface area contributed by atoms with Crippen molar-refractivity contribution < 1.29 is 23.1 Å². The number of carbonyl (C=O) groups is 2. The average Bonchev–Trinajstić information content (AvgIpc) is 2.07. The number of ether oxygens (including phenoxy) is 1. The Bertz CT molecular complexity index is 336. The van der Waals surface area contributed by atoms with Crippen molar-refractivity contribution in [2.75, 3.05) is 0 Å². The standard InChI is InChI=1S/C11H18F2N2O3/c1-10(2,3)18-9(17)15-14-8(16)11(12,13)7-5-4-6-7/h7H,4-6H2,1-3H3,(H,14,16)(H,15,17). The van der Waals surface area contributed by atoms with Crippen LogP contribution in [0, 0.1) is 5.92 Å². The van der Waals surface area contributed by atoms with Gasteiger partial charge in [-0.25, -0.2) is 10.2 Å². The molecule has 0 bridgehead atoms. The average molecular weight is 264 g/mol. The van der Waals surface area contributed by atoms with Crippen LogP contribution in [0.5, 0.6) is 0 Å². The molecule has 0 atom stereocenters. The van der Waals surface area contributed by atoms with Gasteiger partial charge < -0.3 is 4.74 Å². The number of rotatable bonds is 2. The minimum atomic E-state index is -3.45. The van der Waals surface area contributed by atoms with Crippen molar-refractivity contribution in [3.05, 3.63) is 0 Å². The summed E-state index contributed by atoms with van der Waals surface area (Å²) in [5.41, 5.74) is 2.73. The van der Waals surface area contributed by atoms with Gasteiger partial charge in [0.1, 0.15) is 5.60 Å². The van der Waals surface area contributed by atoms with Crippen molar-refractivity contribution in [2.24, 2.45) is 5.92 Å². The highest BCUT2D eigenvalue weighted by molar-refractivity contribution is 5.85. The van der Waals surface area contributed by atoms with Crippen molar-refractivity contribution in [1.82, 2.24) is 10.9 Å². The van der Waals surface area contributed by atoms with E-state index in [1.165, 1.54) is 0 Å². The predicted octanol–water partition coefficient (Wildman–Crippen LogP) is 1.98. The maximum Gasteiger partial charge on any atom is 0.426 e. The van der Waals surface area contributed by atoms with Gasteiger partial charge in [-0.05, 0) is 33.6 Å². The Kier molecular flexibility index (Phi) is 4.13. The van der Waals surface area contributed by atoms with Crippen LogP contribution in [0.3, 0.4) is 0 Å². The van der Waals surface area contributed by atoms with Crippen LogP contribution in [0.1, 0.15) is 40.0 Å². The largest absolute Gasteiger partial charge is 0.443 e. The molecular weight excluding hydrogens is 246 g/mol. The van der Waals surface area contributed by atoms with E-state index in [1.54, 1.807) is 26.2 Å². The molecule has 5 nitrogen and oxygen atoms in total. The maximum absolute atomic E-state index is 13.4. The molecule has 1 saturated carbocycles. The van der Waals surface area contributed by atoms with E-state index in [0.717, 1.165) is 0 Å². The molecule has 104 valence electrons. The van der Waals surface area contributed by atoms with Gasteiger partial charge in [-0.15, -0.1) is 0 Å². The molecule has 1 fully saturated rings. The summed E-state index contributed by atoms with van der Waals surface area (Å²) in [6.45, 7) is 4.87. The minimum absolute atomic E-state index is 0.326. The molecule has 0 aliphatic heterocycles. The smallest absolute Gasteiger partial charge is 0.426 e. The molecule has 0 unspecified atom stereocenters. The van der Waals surface area contributed by atoms with Crippen LogP contribution >= 0.6 is 0 Å². The van der Waals surface area contributed by atoms with E-state index in [0.29, 0.717) is 19.3 Å². The molecule has 1 aliphatic carbocycles. The first-order valence-electron chi connectivity index (χ1n) is 5.80. The van der Waals surface area contributed by atoms with E-state index in [2.05, 4.69) is 0 Å². The third kappa shape index (κ3) is 3.82. The van der Waals surface area contributed by atoms with E-state index in [9.17, 15) is 18.4 Å². The second kappa shape index (κ2) is 5.07. The Morgan fingerprint density at radius 1 is 1.17 bits per heavy atom. The highest BCUT2D eigenvalue weighted by Crippen LogP contribution is 2.39. The fourth-order valence-corrected chi connectivity index (χ4v) is 1.45. The molecule has 7 heteroatoms. The highest BCUT2D eigenvalue weighted by Gasteiger charge is 2.49. The van der Waals surface area contributed by atoms with Crippen LogP contribution < -0.4 is 10.9 Å². The quantitative estimate of drug-likeness (QED) is 0.749. The van der Waals surface area contributed by atoms with Crippen LogP contribution in [0.2, 0.25) is 0 Å². The summed E-state index contributed by atoms with van der Waals surface area (Å²) in [4.78, 5) is 22.4. The lowest BCUT2D eigenvalue weighted by atomic mass is 9.80. The molecule has 2 N–H and O–H groups in total. The van der Waals surface area contributed by atoms with Crippen molar-refractivity contribution in [2.45, 2.75) is 51.6 Å². The molecule has 18 heavy (non-hydrogen) atoms. The van der Waals surface area contributed by atoms with Crippen LogP contribution in [0.15, 0.2) is 0 Å². The first-order chi connectivity index (χ1) is 8.13. The summed E-state index contributed by atoms with van der Waals surface area (Å²) in [5, 5.41) is 0. The molecule has 0 saturated heterocycles.